The molecule has 1 N–H and O–H groups in total. The zero-order chi connectivity index (χ0) is 18.0. The number of rotatable bonds is 4. The molecule has 1 aliphatic carbocycles. The molecule has 0 saturated heterocycles. The highest BCUT2D eigenvalue weighted by Gasteiger charge is 2.46. The molecule has 1 aromatic rings. The monoisotopic (exact) mass is 346 g/mol. The van der Waals surface area contributed by atoms with Crippen molar-refractivity contribution in [1.82, 2.24) is 4.90 Å². The Bertz CT molecular complexity index is 696. The molecule has 3 rings (SSSR count). The Kier molecular flexibility index (Phi) is 4.65. The summed E-state index contributed by atoms with van der Waals surface area (Å²) >= 11 is 0. The number of carboxylic acid groups (broad SMARTS) is 1. The highest BCUT2D eigenvalue weighted by molar-refractivity contribution is 6.02. The smallest absolute Gasteiger partial charge is 0.329 e. The number of hydrogen-bond acceptors (Lipinski definition) is 4. The van der Waals surface area contributed by atoms with Crippen LogP contribution < -0.4 is 9.64 Å². The van der Waals surface area contributed by atoms with Gasteiger partial charge in [-0.25, -0.2) is 4.79 Å². The molecule has 1 aromatic carbocycles. The van der Waals surface area contributed by atoms with E-state index in [1.54, 1.807) is 24.3 Å². The molecule has 25 heavy (non-hydrogen) atoms. The summed E-state index contributed by atoms with van der Waals surface area (Å²) in [5.41, 5.74) is -0.641. The molecule has 0 radical (unpaired) electrons. The number of aliphatic carboxylic acids is 1. The number of benzene rings is 1. The predicted molar refractivity (Wildman–Crippen MR) is 90.5 cm³/mol. The lowest BCUT2D eigenvalue weighted by Crippen LogP contribution is -2.58. The lowest BCUT2D eigenvalue weighted by atomic mass is 9.80. The van der Waals surface area contributed by atoms with Crippen LogP contribution in [0.15, 0.2) is 24.3 Å². The molecule has 1 aliphatic heterocycles. The number of carboxylic acids is 1. The van der Waals surface area contributed by atoms with Crippen molar-refractivity contribution in [1.29, 1.82) is 0 Å². The average molecular weight is 346 g/mol. The summed E-state index contributed by atoms with van der Waals surface area (Å²) in [5, 5.41) is 9.73. The SMILES string of the molecule is CN(C(=O)CN1C(=O)COc2ccccc21)C1(C(=O)O)CCCCC1. The van der Waals surface area contributed by atoms with Crippen LogP contribution in [0.2, 0.25) is 0 Å². The van der Waals surface area contributed by atoms with Gasteiger partial charge in [-0.2, -0.15) is 0 Å². The normalized spacial score (nSPS) is 18.9. The van der Waals surface area contributed by atoms with Gasteiger partial charge in [0, 0.05) is 7.05 Å². The van der Waals surface area contributed by atoms with E-state index in [2.05, 4.69) is 0 Å². The Balaban J connectivity index is 1.82. The third-order valence-electron chi connectivity index (χ3n) is 5.20. The van der Waals surface area contributed by atoms with Crippen LogP contribution in [0.25, 0.3) is 0 Å². The summed E-state index contributed by atoms with van der Waals surface area (Å²) < 4.78 is 5.37. The number of hydrogen-bond donors (Lipinski definition) is 1. The molecule has 0 aromatic heterocycles. The average Bonchev–Trinajstić information content (AvgIpc) is 2.63. The van der Waals surface area contributed by atoms with Crippen LogP contribution in [-0.4, -0.2) is 53.5 Å². The van der Waals surface area contributed by atoms with Crippen molar-refractivity contribution in [3.8, 4) is 5.75 Å². The van der Waals surface area contributed by atoms with E-state index in [-0.39, 0.29) is 25.0 Å². The van der Waals surface area contributed by atoms with Gasteiger partial charge in [-0.05, 0) is 25.0 Å². The third-order valence-corrected chi connectivity index (χ3v) is 5.20. The first-order valence-corrected chi connectivity index (χ1v) is 8.48. The number of amides is 2. The molecular weight excluding hydrogens is 324 g/mol. The van der Waals surface area contributed by atoms with E-state index in [1.807, 2.05) is 0 Å². The van der Waals surface area contributed by atoms with Crippen molar-refractivity contribution in [2.45, 2.75) is 37.6 Å². The zero-order valence-electron chi connectivity index (χ0n) is 14.2. The zero-order valence-corrected chi connectivity index (χ0v) is 14.2. The van der Waals surface area contributed by atoms with Crippen molar-refractivity contribution in [3.05, 3.63) is 24.3 Å². The van der Waals surface area contributed by atoms with Gasteiger partial charge >= 0.3 is 5.97 Å². The Hall–Kier alpha value is -2.57. The maximum absolute atomic E-state index is 12.8. The second kappa shape index (κ2) is 6.74. The molecule has 7 heteroatoms. The van der Waals surface area contributed by atoms with Crippen molar-refractivity contribution in [3.63, 3.8) is 0 Å². The van der Waals surface area contributed by atoms with E-state index in [4.69, 9.17) is 4.74 Å². The molecule has 1 fully saturated rings. The fourth-order valence-electron chi connectivity index (χ4n) is 3.64. The number of carbonyl (C=O) groups excluding carboxylic acids is 2. The van der Waals surface area contributed by atoms with Crippen LogP contribution >= 0.6 is 0 Å². The lowest BCUT2D eigenvalue weighted by Gasteiger charge is -2.42. The van der Waals surface area contributed by atoms with Crippen molar-refractivity contribution in [2.75, 3.05) is 25.1 Å². The number of likely N-dealkylation sites (N-methyl/N-ethyl adjacent to an activating group) is 1. The Morgan fingerprint density at radius 3 is 2.60 bits per heavy atom. The second-order valence-electron chi connectivity index (χ2n) is 6.59. The first kappa shape index (κ1) is 17.3. The number of nitrogens with zero attached hydrogens (tertiary/aromatic N) is 2. The Morgan fingerprint density at radius 2 is 1.92 bits per heavy atom. The molecule has 0 atom stereocenters. The first-order chi connectivity index (χ1) is 12.0. The van der Waals surface area contributed by atoms with Crippen LogP contribution in [-0.2, 0) is 14.4 Å². The van der Waals surface area contributed by atoms with Gasteiger partial charge in [0.1, 0.15) is 17.8 Å². The van der Waals surface area contributed by atoms with Gasteiger partial charge in [-0.3, -0.25) is 14.5 Å². The summed E-state index contributed by atoms with van der Waals surface area (Å²) in [5.74, 6) is -1.12. The Labute approximate surface area is 146 Å². The minimum atomic E-state index is -1.18. The number of ether oxygens (including phenoxy) is 1. The van der Waals surface area contributed by atoms with E-state index in [1.165, 1.54) is 16.8 Å². The standard InChI is InChI=1S/C18H22N2O5/c1-19(18(17(23)24)9-5-2-6-10-18)15(21)11-20-13-7-3-4-8-14(13)25-12-16(20)22/h3-4,7-8H,2,5-6,9-12H2,1H3,(H,23,24). The largest absolute Gasteiger partial charge is 0.482 e. The van der Waals surface area contributed by atoms with Gasteiger partial charge in [-0.1, -0.05) is 31.4 Å². The summed E-state index contributed by atoms with van der Waals surface area (Å²) in [6.07, 6.45) is 3.43. The molecule has 1 heterocycles. The van der Waals surface area contributed by atoms with E-state index in [9.17, 15) is 19.5 Å². The van der Waals surface area contributed by atoms with Gasteiger partial charge in [-0.15, -0.1) is 0 Å². The van der Waals surface area contributed by atoms with Crippen molar-refractivity contribution in [2.24, 2.45) is 0 Å². The Morgan fingerprint density at radius 1 is 1.24 bits per heavy atom. The number of para-hydroxylation sites is 2. The highest BCUT2D eigenvalue weighted by Crippen LogP contribution is 2.35. The quantitative estimate of drug-likeness (QED) is 0.896. The first-order valence-electron chi connectivity index (χ1n) is 8.48. The maximum Gasteiger partial charge on any atom is 0.329 e. The van der Waals surface area contributed by atoms with Crippen LogP contribution in [0.1, 0.15) is 32.1 Å². The molecule has 0 spiro atoms. The van der Waals surface area contributed by atoms with Gasteiger partial charge in [0.15, 0.2) is 6.61 Å². The molecule has 0 unspecified atom stereocenters. The highest BCUT2D eigenvalue weighted by atomic mass is 16.5. The minimum absolute atomic E-state index is 0.127. The van der Waals surface area contributed by atoms with E-state index < -0.39 is 11.5 Å². The fourth-order valence-corrected chi connectivity index (χ4v) is 3.64. The number of anilines is 1. The lowest BCUT2D eigenvalue weighted by molar-refractivity contribution is -0.159. The van der Waals surface area contributed by atoms with Gasteiger partial charge in [0.05, 0.1) is 5.69 Å². The van der Waals surface area contributed by atoms with Crippen LogP contribution in [0, 0.1) is 0 Å². The molecule has 134 valence electrons. The van der Waals surface area contributed by atoms with Gasteiger partial charge in [0.25, 0.3) is 5.91 Å². The van der Waals surface area contributed by atoms with Crippen molar-refractivity contribution >= 4 is 23.5 Å². The third kappa shape index (κ3) is 3.06. The molecule has 7 nitrogen and oxygen atoms in total. The molecule has 2 aliphatic rings. The van der Waals surface area contributed by atoms with Crippen LogP contribution in [0.4, 0.5) is 5.69 Å². The van der Waals surface area contributed by atoms with Crippen LogP contribution in [0.5, 0.6) is 5.75 Å². The second-order valence-corrected chi connectivity index (χ2v) is 6.59. The summed E-state index contributed by atoms with van der Waals surface area (Å²) in [6.45, 7) is -0.317. The molecular formula is C18H22N2O5. The number of carbonyl (C=O) groups is 3. The predicted octanol–water partition coefficient (Wildman–Crippen LogP) is 1.66. The maximum atomic E-state index is 12.8. The fraction of sp³-hybridized carbons (Fsp3) is 0.500. The summed E-state index contributed by atoms with van der Waals surface area (Å²) in [7, 11) is 1.53. The van der Waals surface area contributed by atoms with E-state index in [0.717, 1.165) is 19.3 Å². The van der Waals surface area contributed by atoms with Gasteiger partial charge < -0.3 is 14.7 Å². The van der Waals surface area contributed by atoms with Crippen LogP contribution in [0.3, 0.4) is 0 Å². The summed E-state index contributed by atoms with van der Waals surface area (Å²) in [6, 6.07) is 7.01. The number of fused-ring (bicyclic) bond motifs is 1. The van der Waals surface area contributed by atoms with E-state index >= 15 is 0 Å². The topological polar surface area (TPSA) is 87.2 Å². The van der Waals surface area contributed by atoms with Crippen molar-refractivity contribution < 1.29 is 24.2 Å². The molecule has 1 saturated carbocycles. The molecule has 2 amide bonds. The minimum Gasteiger partial charge on any atom is -0.482 e. The van der Waals surface area contributed by atoms with E-state index in [0.29, 0.717) is 24.3 Å². The summed E-state index contributed by atoms with van der Waals surface area (Å²) in [4.78, 5) is 39.6. The van der Waals surface area contributed by atoms with Gasteiger partial charge in [0.2, 0.25) is 5.91 Å². The molecule has 0 bridgehead atoms.